The normalized spacial score (nSPS) is 22.0. The van der Waals surface area contributed by atoms with Crippen LogP contribution in [-0.2, 0) is 0 Å². The van der Waals surface area contributed by atoms with E-state index >= 15 is 0 Å². The molecule has 0 amide bonds. The Hall–Kier alpha value is -1.98. The van der Waals surface area contributed by atoms with Gasteiger partial charge in [-0.15, -0.1) is 0 Å². The van der Waals surface area contributed by atoms with E-state index in [9.17, 15) is 20.3 Å². The van der Waals surface area contributed by atoms with Crippen molar-refractivity contribution in [3.63, 3.8) is 0 Å². The van der Waals surface area contributed by atoms with Crippen LogP contribution in [-0.4, -0.2) is 15.1 Å². The molecule has 1 aliphatic rings. The number of benzene rings is 2. The number of rotatable bonds is 1. The first kappa shape index (κ1) is 10.2. The number of nitro groups is 1. The lowest BCUT2D eigenvalue weighted by atomic mass is 10.0. The highest BCUT2D eigenvalue weighted by molar-refractivity contribution is 5.97. The van der Waals surface area contributed by atoms with Gasteiger partial charge in [-0.1, -0.05) is 12.1 Å². The average Bonchev–Trinajstić information content (AvgIpc) is 2.57. The van der Waals surface area contributed by atoms with Crippen molar-refractivity contribution in [2.45, 2.75) is 12.2 Å². The van der Waals surface area contributed by atoms with Crippen LogP contribution in [0.1, 0.15) is 23.3 Å². The number of nitro benzene ring substituents is 1. The summed E-state index contributed by atoms with van der Waals surface area (Å²) in [4.78, 5) is 10.4. The van der Waals surface area contributed by atoms with Gasteiger partial charge in [0.25, 0.3) is 5.69 Å². The van der Waals surface area contributed by atoms with Crippen LogP contribution in [0.15, 0.2) is 30.3 Å². The molecule has 0 bridgehead atoms. The molecular formula is C12H9NO4. The first-order valence-electron chi connectivity index (χ1n) is 5.17. The minimum atomic E-state index is -1.00. The topological polar surface area (TPSA) is 83.6 Å². The predicted octanol–water partition coefficient (Wildman–Crippen LogP) is 1.83. The van der Waals surface area contributed by atoms with Gasteiger partial charge in [0, 0.05) is 11.5 Å². The zero-order chi connectivity index (χ0) is 12.2. The Labute approximate surface area is 96.1 Å². The van der Waals surface area contributed by atoms with Crippen LogP contribution in [0.25, 0.3) is 10.8 Å². The molecule has 17 heavy (non-hydrogen) atoms. The van der Waals surface area contributed by atoms with E-state index < -0.39 is 17.1 Å². The van der Waals surface area contributed by atoms with Gasteiger partial charge in [-0.3, -0.25) is 10.1 Å². The Morgan fingerprint density at radius 3 is 2.35 bits per heavy atom. The van der Waals surface area contributed by atoms with E-state index in [1.807, 2.05) is 0 Å². The molecule has 0 aliphatic heterocycles. The summed E-state index contributed by atoms with van der Waals surface area (Å²) in [5.74, 6) is 0. The highest BCUT2D eigenvalue weighted by Crippen LogP contribution is 2.45. The second-order valence-corrected chi connectivity index (χ2v) is 4.09. The third kappa shape index (κ3) is 1.20. The second kappa shape index (κ2) is 3.26. The van der Waals surface area contributed by atoms with Crippen molar-refractivity contribution in [3.8, 4) is 0 Å². The number of hydrogen-bond donors (Lipinski definition) is 2. The van der Waals surface area contributed by atoms with E-state index in [2.05, 4.69) is 0 Å². The lowest BCUT2D eigenvalue weighted by molar-refractivity contribution is -0.383. The summed E-state index contributed by atoms with van der Waals surface area (Å²) in [5.41, 5.74) is 1.09. The molecule has 2 atom stereocenters. The maximum Gasteiger partial charge on any atom is 0.277 e. The number of hydrogen-bond acceptors (Lipinski definition) is 4. The molecule has 5 heteroatoms. The number of non-ortho nitro benzene ring substituents is 1. The molecular weight excluding hydrogens is 222 g/mol. The quantitative estimate of drug-likeness (QED) is 0.579. The Morgan fingerprint density at radius 2 is 1.71 bits per heavy atom. The monoisotopic (exact) mass is 231 g/mol. The molecule has 0 saturated carbocycles. The van der Waals surface area contributed by atoms with E-state index in [-0.39, 0.29) is 5.69 Å². The first-order chi connectivity index (χ1) is 8.11. The summed E-state index contributed by atoms with van der Waals surface area (Å²) in [6, 6.07) is 7.82. The van der Waals surface area contributed by atoms with Gasteiger partial charge >= 0.3 is 0 Å². The Morgan fingerprint density at radius 1 is 1.06 bits per heavy atom. The van der Waals surface area contributed by atoms with Gasteiger partial charge in [-0.05, 0) is 23.3 Å². The Bertz CT molecular complexity index is 623. The number of aliphatic hydroxyl groups excluding tert-OH is 2. The van der Waals surface area contributed by atoms with Gasteiger partial charge in [0.05, 0.1) is 10.3 Å². The van der Waals surface area contributed by atoms with Gasteiger partial charge in [-0.25, -0.2) is 0 Å². The van der Waals surface area contributed by atoms with Crippen LogP contribution in [0.4, 0.5) is 5.69 Å². The summed E-state index contributed by atoms with van der Waals surface area (Å²) in [7, 11) is 0. The molecule has 2 aromatic rings. The van der Waals surface area contributed by atoms with Crippen molar-refractivity contribution in [1.82, 2.24) is 0 Å². The zero-order valence-corrected chi connectivity index (χ0v) is 8.70. The summed E-state index contributed by atoms with van der Waals surface area (Å²) in [5, 5.41) is 31.6. The van der Waals surface area contributed by atoms with Crippen molar-refractivity contribution in [2.24, 2.45) is 0 Å². The molecule has 5 nitrogen and oxygen atoms in total. The van der Waals surface area contributed by atoms with Crippen molar-refractivity contribution in [3.05, 3.63) is 51.6 Å². The molecule has 2 aromatic carbocycles. The van der Waals surface area contributed by atoms with E-state index in [1.165, 1.54) is 12.1 Å². The fourth-order valence-electron chi connectivity index (χ4n) is 2.44. The van der Waals surface area contributed by atoms with Gasteiger partial charge in [-0.2, -0.15) is 0 Å². The molecule has 2 N–H and O–H groups in total. The van der Waals surface area contributed by atoms with Crippen molar-refractivity contribution < 1.29 is 15.1 Å². The third-order valence-electron chi connectivity index (χ3n) is 3.22. The Balaban J connectivity index is 2.46. The van der Waals surface area contributed by atoms with Gasteiger partial charge in [0.2, 0.25) is 0 Å². The number of aliphatic hydroxyl groups is 2. The largest absolute Gasteiger partial charge is 0.385 e. The fraction of sp³-hybridized carbons (Fsp3) is 0.167. The van der Waals surface area contributed by atoms with Crippen LogP contribution >= 0.6 is 0 Å². The van der Waals surface area contributed by atoms with E-state index in [0.29, 0.717) is 21.9 Å². The van der Waals surface area contributed by atoms with Crippen LogP contribution in [0.3, 0.4) is 0 Å². The molecule has 0 saturated heterocycles. The zero-order valence-electron chi connectivity index (χ0n) is 8.70. The van der Waals surface area contributed by atoms with Gasteiger partial charge in [0.1, 0.15) is 12.2 Å². The summed E-state index contributed by atoms with van der Waals surface area (Å²) in [6.45, 7) is 0. The molecule has 1 aliphatic carbocycles. The molecule has 0 fully saturated rings. The second-order valence-electron chi connectivity index (χ2n) is 4.09. The highest BCUT2D eigenvalue weighted by Gasteiger charge is 2.33. The van der Waals surface area contributed by atoms with Gasteiger partial charge < -0.3 is 10.2 Å². The van der Waals surface area contributed by atoms with Gasteiger partial charge in [0.15, 0.2) is 0 Å². The molecule has 3 rings (SSSR count). The fourth-order valence-corrected chi connectivity index (χ4v) is 2.44. The highest BCUT2D eigenvalue weighted by atomic mass is 16.6. The molecule has 0 spiro atoms. The summed E-state index contributed by atoms with van der Waals surface area (Å²) in [6.07, 6.45) is -2.01. The third-order valence-corrected chi connectivity index (χ3v) is 3.22. The summed E-state index contributed by atoms with van der Waals surface area (Å²) < 4.78 is 0. The number of nitrogens with zero attached hydrogens (tertiary/aromatic N) is 1. The molecule has 86 valence electrons. The maximum absolute atomic E-state index is 10.9. The van der Waals surface area contributed by atoms with Crippen molar-refractivity contribution in [2.75, 3.05) is 0 Å². The molecule has 0 aromatic heterocycles. The van der Waals surface area contributed by atoms with Crippen LogP contribution in [0.5, 0.6) is 0 Å². The minimum Gasteiger partial charge on any atom is -0.385 e. The van der Waals surface area contributed by atoms with E-state index in [1.54, 1.807) is 18.2 Å². The van der Waals surface area contributed by atoms with Crippen LogP contribution < -0.4 is 0 Å². The Kier molecular flexibility index (Phi) is 1.95. The maximum atomic E-state index is 10.9. The van der Waals surface area contributed by atoms with E-state index in [4.69, 9.17) is 0 Å². The summed E-state index contributed by atoms with van der Waals surface area (Å²) >= 11 is 0. The predicted molar refractivity (Wildman–Crippen MR) is 60.5 cm³/mol. The lowest BCUT2D eigenvalue weighted by Crippen LogP contribution is -2.02. The average molecular weight is 231 g/mol. The standard InChI is InChI=1S/C12H9NO4/c14-11-7-3-1-2-6-9(13(16)17)5-4-8(10(6)7)12(11)15/h1-5,11-12,14-15H/t11-,12-/m1/s1. The van der Waals surface area contributed by atoms with Crippen molar-refractivity contribution in [1.29, 1.82) is 0 Å². The molecule has 0 unspecified atom stereocenters. The van der Waals surface area contributed by atoms with Crippen molar-refractivity contribution >= 4 is 16.5 Å². The molecule has 0 radical (unpaired) electrons. The van der Waals surface area contributed by atoms with Crippen LogP contribution in [0, 0.1) is 10.1 Å². The minimum absolute atomic E-state index is 0.00750. The first-order valence-corrected chi connectivity index (χ1v) is 5.17. The SMILES string of the molecule is O=[N+]([O-])c1ccc2c3c(cccc13)[C@@H](O)[C@@H]2O. The van der Waals surface area contributed by atoms with E-state index in [0.717, 1.165) is 0 Å². The smallest absolute Gasteiger partial charge is 0.277 e. The lowest BCUT2D eigenvalue weighted by Gasteiger charge is -2.08. The molecule has 0 heterocycles. The van der Waals surface area contributed by atoms with Crippen LogP contribution in [0.2, 0.25) is 0 Å².